The lowest BCUT2D eigenvalue weighted by molar-refractivity contribution is 0.0971. The van der Waals surface area contributed by atoms with Crippen LogP contribution in [0.25, 0.3) is 0 Å². The lowest BCUT2D eigenvalue weighted by atomic mass is 10.0. The molecule has 1 aliphatic rings. The van der Waals surface area contributed by atoms with Gasteiger partial charge in [-0.15, -0.1) is 0 Å². The summed E-state index contributed by atoms with van der Waals surface area (Å²) in [6, 6.07) is 5.44. The third-order valence-corrected chi connectivity index (χ3v) is 3.27. The average molecular weight is 272 g/mol. The van der Waals surface area contributed by atoms with Gasteiger partial charge in [0.05, 0.1) is 11.8 Å². The van der Waals surface area contributed by atoms with Crippen molar-refractivity contribution in [1.29, 1.82) is 0 Å². The van der Waals surface area contributed by atoms with E-state index in [0.29, 0.717) is 43.1 Å². The van der Waals surface area contributed by atoms with Crippen LogP contribution in [0, 0.1) is 0 Å². The maximum Gasteiger partial charge on any atom is 0.172 e. The standard InChI is InChI=1S/C15H16N2O3/c1-17-10-11(9-16-17)5-6-13(18)12-3-2-4-14-15(12)20-8-7-19-14/h2-4,9-10H,5-8H2,1H3. The second-order valence-electron chi connectivity index (χ2n) is 4.78. The highest BCUT2D eigenvalue weighted by atomic mass is 16.6. The molecule has 0 aliphatic carbocycles. The Balaban J connectivity index is 1.74. The number of aryl methyl sites for hydroxylation is 2. The van der Waals surface area contributed by atoms with Crippen LogP contribution in [0.3, 0.4) is 0 Å². The summed E-state index contributed by atoms with van der Waals surface area (Å²) in [4.78, 5) is 12.3. The lowest BCUT2D eigenvalue weighted by Gasteiger charge is -2.20. The number of carbonyl (C=O) groups is 1. The summed E-state index contributed by atoms with van der Waals surface area (Å²) >= 11 is 0. The summed E-state index contributed by atoms with van der Waals surface area (Å²) in [6.45, 7) is 1.01. The number of carbonyl (C=O) groups excluding carboxylic acids is 1. The van der Waals surface area contributed by atoms with Crippen LogP contribution in [0.2, 0.25) is 0 Å². The van der Waals surface area contributed by atoms with Gasteiger partial charge in [0.25, 0.3) is 0 Å². The summed E-state index contributed by atoms with van der Waals surface area (Å²) in [7, 11) is 1.87. The van der Waals surface area contributed by atoms with Crippen LogP contribution in [0.5, 0.6) is 11.5 Å². The highest BCUT2D eigenvalue weighted by Crippen LogP contribution is 2.34. The van der Waals surface area contributed by atoms with E-state index < -0.39 is 0 Å². The fourth-order valence-corrected chi connectivity index (χ4v) is 2.29. The number of rotatable bonds is 4. The maximum atomic E-state index is 12.3. The highest BCUT2D eigenvalue weighted by Gasteiger charge is 2.20. The topological polar surface area (TPSA) is 53.4 Å². The predicted octanol–water partition coefficient (Wildman–Crippen LogP) is 2.01. The number of ketones is 1. The molecule has 0 bridgehead atoms. The Morgan fingerprint density at radius 3 is 3.00 bits per heavy atom. The molecule has 0 radical (unpaired) electrons. The normalized spacial score (nSPS) is 13.2. The van der Waals surface area contributed by atoms with E-state index in [0.717, 1.165) is 5.56 Å². The number of para-hydroxylation sites is 1. The summed E-state index contributed by atoms with van der Waals surface area (Å²) < 4.78 is 12.8. The number of fused-ring (bicyclic) bond motifs is 1. The molecule has 2 aromatic rings. The Labute approximate surface area is 117 Å². The number of hydrogen-bond acceptors (Lipinski definition) is 4. The first-order chi connectivity index (χ1) is 9.74. The largest absolute Gasteiger partial charge is 0.486 e. The fourth-order valence-electron chi connectivity index (χ4n) is 2.29. The molecule has 0 unspecified atom stereocenters. The summed E-state index contributed by atoms with van der Waals surface area (Å²) in [6.07, 6.45) is 4.82. The van der Waals surface area contributed by atoms with Gasteiger partial charge in [-0.1, -0.05) is 6.07 Å². The molecule has 5 nitrogen and oxygen atoms in total. The van der Waals surface area contributed by atoms with Gasteiger partial charge in [-0.2, -0.15) is 5.10 Å². The molecule has 1 aromatic carbocycles. The molecule has 104 valence electrons. The van der Waals surface area contributed by atoms with Crippen LogP contribution in [-0.2, 0) is 13.5 Å². The van der Waals surface area contributed by atoms with Gasteiger partial charge < -0.3 is 9.47 Å². The van der Waals surface area contributed by atoms with Crippen molar-refractivity contribution in [3.05, 3.63) is 41.7 Å². The lowest BCUT2D eigenvalue weighted by Crippen LogP contribution is -2.17. The monoisotopic (exact) mass is 272 g/mol. The Morgan fingerprint density at radius 2 is 2.20 bits per heavy atom. The number of ether oxygens (including phenoxy) is 2. The second kappa shape index (κ2) is 5.36. The minimum atomic E-state index is 0.0659. The van der Waals surface area contributed by atoms with Crippen LogP contribution < -0.4 is 9.47 Å². The zero-order valence-corrected chi connectivity index (χ0v) is 11.3. The van der Waals surface area contributed by atoms with Gasteiger partial charge in [0, 0.05) is 19.7 Å². The van der Waals surface area contributed by atoms with Crippen LogP contribution in [-0.4, -0.2) is 28.8 Å². The molecule has 0 N–H and O–H groups in total. The number of hydrogen-bond donors (Lipinski definition) is 0. The zero-order chi connectivity index (χ0) is 13.9. The third-order valence-electron chi connectivity index (χ3n) is 3.27. The molecule has 1 aliphatic heterocycles. The molecule has 3 rings (SSSR count). The Morgan fingerprint density at radius 1 is 1.35 bits per heavy atom. The smallest absolute Gasteiger partial charge is 0.172 e. The van der Waals surface area contributed by atoms with E-state index in [2.05, 4.69) is 5.10 Å². The molecule has 0 atom stereocenters. The fraction of sp³-hybridized carbons (Fsp3) is 0.333. The summed E-state index contributed by atoms with van der Waals surface area (Å²) in [5, 5.41) is 4.10. The van der Waals surface area contributed by atoms with E-state index in [-0.39, 0.29) is 5.78 Å². The molecule has 0 fully saturated rings. The van der Waals surface area contributed by atoms with Gasteiger partial charge in [-0.25, -0.2) is 0 Å². The van der Waals surface area contributed by atoms with E-state index >= 15 is 0 Å². The zero-order valence-electron chi connectivity index (χ0n) is 11.3. The third kappa shape index (κ3) is 2.52. The van der Waals surface area contributed by atoms with Crippen molar-refractivity contribution in [1.82, 2.24) is 9.78 Å². The van der Waals surface area contributed by atoms with Gasteiger partial charge in [0.15, 0.2) is 17.3 Å². The molecule has 20 heavy (non-hydrogen) atoms. The summed E-state index contributed by atoms with van der Waals surface area (Å²) in [5.74, 6) is 1.30. The van der Waals surface area contributed by atoms with E-state index in [1.807, 2.05) is 25.4 Å². The first-order valence-electron chi connectivity index (χ1n) is 6.63. The van der Waals surface area contributed by atoms with Gasteiger partial charge >= 0.3 is 0 Å². The van der Waals surface area contributed by atoms with Crippen molar-refractivity contribution in [3.63, 3.8) is 0 Å². The Bertz CT molecular complexity index is 634. The minimum Gasteiger partial charge on any atom is -0.486 e. The van der Waals surface area contributed by atoms with Crippen molar-refractivity contribution in [3.8, 4) is 11.5 Å². The number of aromatic nitrogens is 2. The predicted molar refractivity (Wildman–Crippen MR) is 73.3 cm³/mol. The van der Waals surface area contributed by atoms with Crippen molar-refractivity contribution < 1.29 is 14.3 Å². The van der Waals surface area contributed by atoms with Gasteiger partial charge in [0.2, 0.25) is 0 Å². The molecule has 2 heterocycles. The first kappa shape index (κ1) is 12.7. The maximum absolute atomic E-state index is 12.3. The second-order valence-corrected chi connectivity index (χ2v) is 4.78. The van der Waals surface area contributed by atoms with Crippen LogP contribution in [0.1, 0.15) is 22.3 Å². The molecular weight excluding hydrogens is 256 g/mol. The molecule has 1 aromatic heterocycles. The summed E-state index contributed by atoms with van der Waals surface area (Å²) in [5.41, 5.74) is 1.66. The van der Waals surface area contributed by atoms with Crippen molar-refractivity contribution in [2.45, 2.75) is 12.8 Å². The molecular formula is C15H16N2O3. The van der Waals surface area contributed by atoms with Gasteiger partial charge in [0.1, 0.15) is 13.2 Å². The van der Waals surface area contributed by atoms with Crippen LogP contribution >= 0.6 is 0 Å². The molecule has 0 saturated heterocycles. The van der Waals surface area contributed by atoms with Crippen LogP contribution in [0.4, 0.5) is 0 Å². The Kier molecular flexibility index (Phi) is 3.41. The molecule has 0 saturated carbocycles. The van der Waals surface area contributed by atoms with Crippen molar-refractivity contribution >= 4 is 5.78 Å². The van der Waals surface area contributed by atoms with Crippen molar-refractivity contribution in [2.24, 2.45) is 7.05 Å². The molecule has 0 spiro atoms. The van der Waals surface area contributed by atoms with E-state index in [4.69, 9.17) is 9.47 Å². The minimum absolute atomic E-state index is 0.0659. The number of benzene rings is 1. The molecule has 0 amide bonds. The molecule has 5 heteroatoms. The number of nitrogens with zero attached hydrogens (tertiary/aromatic N) is 2. The quantitative estimate of drug-likeness (QED) is 0.799. The van der Waals surface area contributed by atoms with Gasteiger partial charge in [-0.05, 0) is 24.1 Å². The average Bonchev–Trinajstić information content (AvgIpc) is 2.90. The van der Waals surface area contributed by atoms with E-state index in [9.17, 15) is 4.79 Å². The Hall–Kier alpha value is -2.30. The van der Waals surface area contributed by atoms with E-state index in [1.54, 1.807) is 16.9 Å². The van der Waals surface area contributed by atoms with Crippen molar-refractivity contribution in [2.75, 3.05) is 13.2 Å². The number of Topliss-reactive ketones (excluding diaryl/α,β-unsaturated/α-hetero) is 1. The SMILES string of the molecule is Cn1cc(CCC(=O)c2cccc3c2OCCO3)cn1. The van der Waals surface area contributed by atoms with E-state index in [1.165, 1.54) is 0 Å². The van der Waals surface area contributed by atoms with Crippen LogP contribution in [0.15, 0.2) is 30.6 Å². The highest BCUT2D eigenvalue weighted by molar-refractivity contribution is 5.99. The van der Waals surface area contributed by atoms with Gasteiger partial charge in [-0.3, -0.25) is 9.48 Å². The first-order valence-corrected chi connectivity index (χ1v) is 6.63.